The second-order valence-corrected chi connectivity index (χ2v) is 13.4. The monoisotopic (exact) mass is 312 g/mol. The summed E-state index contributed by atoms with van der Waals surface area (Å²) in [6, 6.07) is 0. The molecule has 1 saturated heterocycles. The largest absolute Gasteiger partial charge is 0.414 e. The van der Waals surface area contributed by atoms with Crippen molar-refractivity contribution in [3.05, 3.63) is 0 Å². The summed E-state index contributed by atoms with van der Waals surface area (Å²) in [4.78, 5) is 12.2. The SMILES string of the molecule is CC(C)(C)[Si](C)(C)OC[C@@H]1CC[C@]2(C)C(=O)CCC[C@@H]2O1. The van der Waals surface area contributed by atoms with Crippen LogP contribution in [0.15, 0.2) is 0 Å². The first-order chi connectivity index (χ1) is 9.56. The van der Waals surface area contributed by atoms with Crippen molar-refractivity contribution in [3.63, 3.8) is 0 Å². The van der Waals surface area contributed by atoms with Crippen LogP contribution in [0.25, 0.3) is 0 Å². The molecule has 0 bridgehead atoms. The van der Waals surface area contributed by atoms with Gasteiger partial charge in [-0.25, -0.2) is 0 Å². The fraction of sp³-hybridized carbons (Fsp3) is 0.941. The van der Waals surface area contributed by atoms with Crippen LogP contribution in [-0.4, -0.2) is 32.9 Å². The lowest BCUT2D eigenvalue weighted by Crippen LogP contribution is -2.52. The first-order valence-electron chi connectivity index (χ1n) is 8.39. The molecule has 0 amide bonds. The highest BCUT2D eigenvalue weighted by Gasteiger charge is 2.48. The third-order valence-corrected chi connectivity index (χ3v) is 10.5. The van der Waals surface area contributed by atoms with Gasteiger partial charge in [-0.05, 0) is 43.8 Å². The van der Waals surface area contributed by atoms with Crippen LogP contribution in [0.1, 0.15) is 59.8 Å². The molecule has 3 atom stereocenters. The number of fused-ring (bicyclic) bond motifs is 1. The van der Waals surface area contributed by atoms with E-state index in [1.807, 2.05) is 0 Å². The number of hydrogen-bond acceptors (Lipinski definition) is 3. The summed E-state index contributed by atoms with van der Waals surface area (Å²) >= 11 is 0. The van der Waals surface area contributed by atoms with Crippen LogP contribution in [0.4, 0.5) is 0 Å². The van der Waals surface area contributed by atoms with Crippen LogP contribution in [0, 0.1) is 5.41 Å². The first-order valence-corrected chi connectivity index (χ1v) is 11.3. The Bertz CT molecular complexity index is 399. The normalized spacial score (nSPS) is 34.7. The van der Waals surface area contributed by atoms with Crippen LogP contribution in [0.3, 0.4) is 0 Å². The van der Waals surface area contributed by atoms with Crippen molar-refractivity contribution in [1.82, 2.24) is 0 Å². The molecule has 0 aromatic heterocycles. The van der Waals surface area contributed by atoms with E-state index in [1.54, 1.807) is 0 Å². The molecule has 1 aliphatic heterocycles. The number of carbonyl (C=O) groups excluding carboxylic acids is 1. The van der Waals surface area contributed by atoms with E-state index in [-0.39, 0.29) is 22.7 Å². The number of ether oxygens (including phenoxy) is 1. The average Bonchev–Trinajstić information content (AvgIpc) is 2.37. The molecule has 122 valence electrons. The topological polar surface area (TPSA) is 35.5 Å². The predicted molar refractivity (Wildman–Crippen MR) is 88.0 cm³/mol. The van der Waals surface area contributed by atoms with Crippen LogP contribution in [-0.2, 0) is 14.0 Å². The number of Topliss-reactive ketones (excluding diaryl/α,β-unsaturated/α-hetero) is 1. The van der Waals surface area contributed by atoms with Gasteiger partial charge in [-0.15, -0.1) is 0 Å². The van der Waals surface area contributed by atoms with Crippen molar-refractivity contribution in [2.75, 3.05) is 6.61 Å². The fourth-order valence-electron chi connectivity index (χ4n) is 3.15. The van der Waals surface area contributed by atoms with E-state index in [0.29, 0.717) is 12.4 Å². The van der Waals surface area contributed by atoms with E-state index in [9.17, 15) is 4.79 Å². The summed E-state index contributed by atoms with van der Waals surface area (Å²) in [7, 11) is -1.71. The maximum atomic E-state index is 12.2. The third kappa shape index (κ3) is 3.43. The first kappa shape index (κ1) is 17.2. The highest BCUT2D eigenvalue weighted by atomic mass is 28.4. The Labute approximate surface area is 130 Å². The van der Waals surface area contributed by atoms with Crippen molar-refractivity contribution in [3.8, 4) is 0 Å². The van der Waals surface area contributed by atoms with Crippen molar-refractivity contribution in [1.29, 1.82) is 0 Å². The van der Waals surface area contributed by atoms with Gasteiger partial charge in [0.05, 0.1) is 24.2 Å². The molecular formula is C17H32O3Si. The Hall–Kier alpha value is -0.193. The minimum absolute atomic E-state index is 0.112. The van der Waals surface area contributed by atoms with Gasteiger partial charge < -0.3 is 9.16 Å². The Morgan fingerprint density at radius 1 is 1.33 bits per heavy atom. The predicted octanol–water partition coefficient (Wildman–Crippen LogP) is 4.32. The van der Waals surface area contributed by atoms with E-state index in [1.165, 1.54) is 0 Å². The summed E-state index contributed by atoms with van der Waals surface area (Å²) < 4.78 is 12.6. The Morgan fingerprint density at radius 2 is 2.00 bits per heavy atom. The van der Waals surface area contributed by atoms with Crippen LogP contribution < -0.4 is 0 Å². The lowest BCUT2D eigenvalue weighted by molar-refractivity contribution is -0.168. The minimum Gasteiger partial charge on any atom is -0.414 e. The van der Waals surface area contributed by atoms with Gasteiger partial charge in [0, 0.05) is 6.42 Å². The molecule has 1 saturated carbocycles. The van der Waals surface area contributed by atoms with Gasteiger partial charge in [-0.2, -0.15) is 0 Å². The van der Waals surface area contributed by atoms with Gasteiger partial charge in [-0.1, -0.05) is 27.7 Å². The molecule has 3 nitrogen and oxygen atoms in total. The van der Waals surface area contributed by atoms with Gasteiger partial charge >= 0.3 is 0 Å². The van der Waals surface area contributed by atoms with Gasteiger partial charge in [-0.3, -0.25) is 4.79 Å². The zero-order valence-corrected chi connectivity index (χ0v) is 15.6. The minimum atomic E-state index is -1.71. The third-order valence-electron chi connectivity index (χ3n) is 6.00. The molecule has 21 heavy (non-hydrogen) atoms. The summed E-state index contributed by atoms with van der Waals surface area (Å²) in [6.45, 7) is 14.1. The van der Waals surface area contributed by atoms with E-state index < -0.39 is 8.32 Å². The molecule has 0 N–H and O–H groups in total. The van der Waals surface area contributed by atoms with Crippen molar-refractivity contribution in [2.45, 2.75) is 90.1 Å². The van der Waals surface area contributed by atoms with Gasteiger partial charge in [0.1, 0.15) is 5.78 Å². The van der Waals surface area contributed by atoms with E-state index in [0.717, 1.165) is 32.1 Å². The quantitative estimate of drug-likeness (QED) is 0.728. The van der Waals surface area contributed by atoms with E-state index >= 15 is 0 Å². The molecule has 0 radical (unpaired) electrons. The summed E-state index contributed by atoms with van der Waals surface area (Å²) in [5.74, 6) is 0.405. The molecule has 0 aromatic rings. The second kappa shape index (κ2) is 5.78. The lowest BCUT2D eigenvalue weighted by Gasteiger charge is -2.47. The molecule has 1 aliphatic carbocycles. The zero-order valence-electron chi connectivity index (χ0n) is 14.6. The molecule has 0 spiro atoms. The molecular weight excluding hydrogens is 280 g/mol. The average molecular weight is 313 g/mol. The van der Waals surface area contributed by atoms with Crippen LogP contribution >= 0.6 is 0 Å². The Morgan fingerprint density at radius 3 is 2.62 bits per heavy atom. The number of ketones is 1. The van der Waals surface area contributed by atoms with Crippen LogP contribution in [0.5, 0.6) is 0 Å². The van der Waals surface area contributed by atoms with Gasteiger partial charge in [0.2, 0.25) is 0 Å². The molecule has 4 heteroatoms. The Balaban J connectivity index is 1.92. The number of carbonyl (C=O) groups is 1. The zero-order chi connectivity index (χ0) is 15.9. The highest BCUT2D eigenvalue weighted by Crippen LogP contribution is 2.44. The Kier molecular flexibility index (Phi) is 4.73. The summed E-state index contributed by atoms with van der Waals surface area (Å²) in [6.07, 6.45) is 4.94. The second-order valence-electron chi connectivity index (χ2n) is 8.59. The molecule has 0 aromatic carbocycles. The molecule has 2 rings (SSSR count). The summed E-state index contributed by atoms with van der Waals surface area (Å²) in [5, 5.41) is 0.233. The summed E-state index contributed by atoms with van der Waals surface area (Å²) in [5.41, 5.74) is -0.230. The number of rotatable bonds is 3. The molecule has 2 fully saturated rings. The lowest BCUT2D eigenvalue weighted by atomic mass is 9.67. The van der Waals surface area contributed by atoms with Crippen molar-refractivity contribution >= 4 is 14.1 Å². The molecule has 1 heterocycles. The van der Waals surface area contributed by atoms with Crippen LogP contribution in [0.2, 0.25) is 18.1 Å². The highest BCUT2D eigenvalue weighted by molar-refractivity contribution is 6.74. The molecule has 2 aliphatic rings. The van der Waals surface area contributed by atoms with E-state index in [4.69, 9.17) is 9.16 Å². The number of hydrogen-bond donors (Lipinski definition) is 0. The smallest absolute Gasteiger partial charge is 0.192 e. The molecule has 0 unspecified atom stereocenters. The van der Waals surface area contributed by atoms with Crippen molar-refractivity contribution in [2.24, 2.45) is 5.41 Å². The van der Waals surface area contributed by atoms with Gasteiger partial charge in [0.15, 0.2) is 8.32 Å². The van der Waals surface area contributed by atoms with Gasteiger partial charge in [0.25, 0.3) is 0 Å². The standard InChI is InChI=1S/C17H32O3Si/c1-16(2,3)21(5,6)19-12-13-10-11-17(4)14(18)8-7-9-15(17)20-13/h13,15H,7-12H2,1-6H3/t13-,15-,17+/m0/s1. The van der Waals surface area contributed by atoms with Crippen molar-refractivity contribution < 1.29 is 14.0 Å². The maximum absolute atomic E-state index is 12.2. The maximum Gasteiger partial charge on any atom is 0.192 e. The fourth-order valence-corrected chi connectivity index (χ4v) is 4.19. The van der Waals surface area contributed by atoms with E-state index in [2.05, 4.69) is 40.8 Å².